The molecule has 0 spiro atoms. The van der Waals surface area contributed by atoms with Crippen LogP contribution in [-0.4, -0.2) is 24.6 Å². The number of carbonyl (C=O) groups excluding carboxylic acids is 2. The summed E-state index contributed by atoms with van der Waals surface area (Å²) >= 11 is 0. The molecule has 0 aromatic heterocycles. The number of ether oxygens (including phenoxy) is 1. The summed E-state index contributed by atoms with van der Waals surface area (Å²) < 4.78 is 5.09. The summed E-state index contributed by atoms with van der Waals surface area (Å²) in [5.74, 6) is -0.349. The molecule has 6 nitrogen and oxygen atoms in total. The number of nitrogens with two attached hydrogens (primary N) is 1. The number of alkyl carbamates (subject to hydrolysis) is 1. The van der Waals surface area contributed by atoms with Crippen LogP contribution in [0.3, 0.4) is 0 Å². The van der Waals surface area contributed by atoms with Gasteiger partial charge in [0.2, 0.25) is 5.91 Å². The van der Waals surface area contributed by atoms with Gasteiger partial charge in [-0.2, -0.15) is 0 Å². The number of hydrogen-bond acceptors (Lipinski definition) is 4. The molecular formula is C18H22ClN3O3. The summed E-state index contributed by atoms with van der Waals surface area (Å²) in [5, 5.41) is 5.21. The molecule has 0 saturated carbocycles. The molecule has 0 unspecified atom stereocenters. The predicted molar refractivity (Wildman–Crippen MR) is 98.1 cm³/mol. The maximum atomic E-state index is 12.1. The molecule has 0 bridgehead atoms. The highest BCUT2D eigenvalue weighted by Crippen LogP contribution is 2.01. The van der Waals surface area contributed by atoms with E-state index >= 15 is 0 Å². The molecule has 0 aliphatic carbocycles. The first-order chi connectivity index (χ1) is 11.7. The van der Waals surface area contributed by atoms with Gasteiger partial charge in [0.05, 0.1) is 0 Å². The quantitative estimate of drug-likeness (QED) is 0.701. The number of rotatable bonds is 7. The fraction of sp³-hybridized carbons (Fsp3) is 0.222. The fourth-order valence-electron chi connectivity index (χ4n) is 2.05. The average molecular weight is 364 g/mol. The predicted octanol–water partition coefficient (Wildman–Crippen LogP) is 1.98. The standard InChI is InChI=1S/C18H21N3O3.ClH/c19-11-16(17(22)20-12-14-7-3-1-4-8-14)21-18(23)24-13-15-9-5-2-6-10-15;/h1-10,16H,11-13,19H2,(H,20,22)(H,21,23);1H/t16-;/m0./s1. The normalized spacial score (nSPS) is 10.9. The van der Waals surface area contributed by atoms with Gasteiger partial charge in [0.1, 0.15) is 12.6 Å². The van der Waals surface area contributed by atoms with Crippen molar-refractivity contribution in [2.24, 2.45) is 5.73 Å². The summed E-state index contributed by atoms with van der Waals surface area (Å²) in [7, 11) is 0. The van der Waals surface area contributed by atoms with Crippen LogP contribution in [0.1, 0.15) is 11.1 Å². The van der Waals surface area contributed by atoms with Gasteiger partial charge in [0.15, 0.2) is 0 Å². The number of halogens is 1. The minimum atomic E-state index is -0.836. The van der Waals surface area contributed by atoms with Crippen LogP contribution in [0.5, 0.6) is 0 Å². The zero-order valence-electron chi connectivity index (χ0n) is 13.7. The highest BCUT2D eigenvalue weighted by Gasteiger charge is 2.19. The van der Waals surface area contributed by atoms with Crippen molar-refractivity contribution in [3.63, 3.8) is 0 Å². The van der Waals surface area contributed by atoms with Gasteiger partial charge in [0, 0.05) is 13.1 Å². The molecule has 25 heavy (non-hydrogen) atoms. The van der Waals surface area contributed by atoms with Crippen LogP contribution in [0.25, 0.3) is 0 Å². The first-order valence-electron chi connectivity index (χ1n) is 7.68. The van der Waals surface area contributed by atoms with Gasteiger partial charge in [-0.05, 0) is 11.1 Å². The van der Waals surface area contributed by atoms with Crippen LogP contribution in [0.15, 0.2) is 60.7 Å². The highest BCUT2D eigenvalue weighted by molar-refractivity contribution is 5.86. The zero-order valence-corrected chi connectivity index (χ0v) is 14.5. The lowest BCUT2D eigenvalue weighted by Crippen LogP contribution is -2.50. The summed E-state index contributed by atoms with van der Waals surface area (Å²) in [6, 6.07) is 17.9. The SMILES string of the molecule is Cl.NC[C@H](NC(=O)OCc1ccccc1)C(=O)NCc1ccccc1. The summed E-state index contributed by atoms with van der Waals surface area (Å²) in [5.41, 5.74) is 7.40. The highest BCUT2D eigenvalue weighted by atomic mass is 35.5. The Hall–Kier alpha value is -2.57. The Morgan fingerprint density at radius 1 is 0.960 bits per heavy atom. The molecule has 2 rings (SSSR count). The molecule has 7 heteroatoms. The van der Waals surface area contributed by atoms with E-state index in [1.165, 1.54) is 0 Å². The van der Waals surface area contributed by atoms with Crippen LogP contribution in [0.4, 0.5) is 4.79 Å². The lowest BCUT2D eigenvalue weighted by Gasteiger charge is -2.16. The van der Waals surface area contributed by atoms with Crippen molar-refractivity contribution in [2.45, 2.75) is 19.2 Å². The molecule has 2 aromatic rings. The van der Waals surface area contributed by atoms with Gasteiger partial charge >= 0.3 is 6.09 Å². The Labute approximate surface area is 153 Å². The molecule has 0 aliphatic rings. The van der Waals surface area contributed by atoms with Gasteiger partial charge in [0.25, 0.3) is 0 Å². The second-order valence-electron chi connectivity index (χ2n) is 5.20. The van der Waals surface area contributed by atoms with Crippen molar-refractivity contribution in [3.8, 4) is 0 Å². The van der Waals surface area contributed by atoms with Gasteiger partial charge in [-0.3, -0.25) is 4.79 Å². The molecule has 0 saturated heterocycles. The second-order valence-corrected chi connectivity index (χ2v) is 5.20. The molecule has 2 amide bonds. The maximum absolute atomic E-state index is 12.1. The minimum Gasteiger partial charge on any atom is -0.445 e. The first-order valence-corrected chi connectivity index (χ1v) is 7.68. The summed E-state index contributed by atoms with van der Waals surface area (Å²) in [6.07, 6.45) is -0.677. The zero-order chi connectivity index (χ0) is 17.2. The Balaban J connectivity index is 0.00000312. The fourth-order valence-corrected chi connectivity index (χ4v) is 2.05. The molecule has 1 atom stereocenters. The summed E-state index contributed by atoms with van der Waals surface area (Å²) in [6.45, 7) is 0.494. The Morgan fingerprint density at radius 2 is 1.52 bits per heavy atom. The van der Waals surface area contributed by atoms with Crippen molar-refractivity contribution < 1.29 is 14.3 Å². The number of benzene rings is 2. The minimum absolute atomic E-state index is 0. The smallest absolute Gasteiger partial charge is 0.408 e. The van der Waals surface area contributed by atoms with E-state index in [1.54, 1.807) is 0 Å². The van der Waals surface area contributed by atoms with E-state index in [-0.39, 0.29) is 31.5 Å². The van der Waals surface area contributed by atoms with E-state index in [1.807, 2.05) is 60.7 Å². The van der Waals surface area contributed by atoms with E-state index in [0.29, 0.717) is 6.54 Å². The molecule has 0 heterocycles. The number of amides is 2. The van der Waals surface area contributed by atoms with Crippen LogP contribution >= 0.6 is 12.4 Å². The van der Waals surface area contributed by atoms with Crippen LogP contribution in [0.2, 0.25) is 0 Å². The van der Waals surface area contributed by atoms with Crippen LogP contribution < -0.4 is 16.4 Å². The second kappa shape index (κ2) is 11.1. The molecule has 4 N–H and O–H groups in total. The Kier molecular flexibility index (Phi) is 9.06. The Morgan fingerprint density at radius 3 is 2.08 bits per heavy atom. The lowest BCUT2D eigenvalue weighted by atomic mass is 10.2. The van der Waals surface area contributed by atoms with Gasteiger partial charge in [-0.25, -0.2) is 4.79 Å². The number of hydrogen-bond donors (Lipinski definition) is 3. The van der Waals surface area contributed by atoms with Gasteiger partial charge < -0.3 is 21.1 Å². The maximum Gasteiger partial charge on any atom is 0.408 e. The van der Waals surface area contributed by atoms with Crippen molar-refractivity contribution in [3.05, 3.63) is 71.8 Å². The topological polar surface area (TPSA) is 93.4 Å². The van der Waals surface area contributed by atoms with E-state index in [0.717, 1.165) is 11.1 Å². The molecular weight excluding hydrogens is 342 g/mol. The molecule has 2 aromatic carbocycles. The van der Waals surface area contributed by atoms with E-state index in [4.69, 9.17) is 10.5 Å². The molecule has 0 fully saturated rings. The average Bonchev–Trinajstić information content (AvgIpc) is 2.64. The van der Waals surface area contributed by atoms with Crippen LogP contribution in [0, 0.1) is 0 Å². The van der Waals surface area contributed by atoms with Crippen molar-refractivity contribution >= 4 is 24.4 Å². The number of nitrogens with one attached hydrogen (secondary N) is 2. The van der Waals surface area contributed by atoms with E-state index in [9.17, 15) is 9.59 Å². The van der Waals surface area contributed by atoms with Gasteiger partial charge in [-0.1, -0.05) is 60.7 Å². The lowest BCUT2D eigenvalue weighted by molar-refractivity contribution is -0.123. The third-order valence-electron chi connectivity index (χ3n) is 3.37. The summed E-state index contributed by atoms with van der Waals surface area (Å²) in [4.78, 5) is 23.9. The van der Waals surface area contributed by atoms with Crippen molar-refractivity contribution in [2.75, 3.05) is 6.54 Å². The van der Waals surface area contributed by atoms with Crippen molar-refractivity contribution in [1.29, 1.82) is 0 Å². The Bertz CT molecular complexity index is 653. The third-order valence-corrected chi connectivity index (χ3v) is 3.37. The molecule has 0 aliphatic heterocycles. The molecule has 134 valence electrons. The van der Waals surface area contributed by atoms with Crippen molar-refractivity contribution in [1.82, 2.24) is 10.6 Å². The first kappa shape index (κ1) is 20.5. The number of carbonyl (C=O) groups is 2. The monoisotopic (exact) mass is 363 g/mol. The van der Waals surface area contributed by atoms with Crippen LogP contribution in [-0.2, 0) is 22.7 Å². The third kappa shape index (κ3) is 7.24. The van der Waals surface area contributed by atoms with E-state index < -0.39 is 12.1 Å². The largest absolute Gasteiger partial charge is 0.445 e. The van der Waals surface area contributed by atoms with Gasteiger partial charge in [-0.15, -0.1) is 12.4 Å². The molecule has 0 radical (unpaired) electrons. The van der Waals surface area contributed by atoms with E-state index in [2.05, 4.69) is 10.6 Å².